The van der Waals surface area contributed by atoms with E-state index in [-0.39, 0.29) is 18.2 Å². The molecule has 19 heavy (non-hydrogen) atoms. The van der Waals surface area contributed by atoms with Gasteiger partial charge in [-0.2, -0.15) is 0 Å². The number of hydrogen-bond acceptors (Lipinski definition) is 2. The van der Waals surface area contributed by atoms with Crippen molar-refractivity contribution in [3.8, 4) is 0 Å². The van der Waals surface area contributed by atoms with Crippen molar-refractivity contribution in [2.75, 3.05) is 18.4 Å². The Bertz CT molecular complexity index is 457. The Morgan fingerprint density at radius 2 is 2.00 bits per heavy atom. The molecule has 0 saturated carbocycles. The van der Waals surface area contributed by atoms with E-state index in [1.54, 1.807) is 11.0 Å². The smallest absolute Gasteiger partial charge is 0.226 e. The van der Waals surface area contributed by atoms with Gasteiger partial charge in [0.25, 0.3) is 0 Å². The molecule has 0 fully saturated rings. The molecule has 1 aromatic rings. The van der Waals surface area contributed by atoms with Crippen molar-refractivity contribution < 1.29 is 9.59 Å². The van der Waals surface area contributed by atoms with Gasteiger partial charge in [-0.3, -0.25) is 9.59 Å². The molecule has 0 aromatic heterocycles. The molecule has 0 bridgehead atoms. The van der Waals surface area contributed by atoms with Crippen LogP contribution < -0.4 is 5.32 Å². The van der Waals surface area contributed by atoms with Gasteiger partial charge in [-0.25, -0.2) is 0 Å². The second kappa shape index (κ2) is 7.74. The third-order valence-electron chi connectivity index (χ3n) is 2.53. The fourth-order valence-corrected chi connectivity index (χ4v) is 1.79. The van der Waals surface area contributed by atoms with Crippen molar-refractivity contribution in [1.82, 2.24) is 4.90 Å². The number of hydrogen-bond donors (Lipinski definition) is 1. The second-order valence-corrected chi connectivity index (χ2v) is 4.97. The summed E-state index contributed by atoms with van der Waals surface area (Å²) in [6.45, 7) is 5.92. The standard InChI is InChI=1S/C14H17BrN2O2/c1-3-9-17(11(2)18)10-8-14(19)16-13-6-4-12(15)5-7-13/h3-7H,1,8-10H2,2H3,(H,16,19). The van der Waals surface area contributed by atoms with E-state index in [0.717, 1.165) is 10.2 Å². The Balaban J connectivity index is 2.44. The topological polar surface area (TPSA) is 49.4 Å². The number of carbonyl (C=O) groups is 2. The first kappa shape index (κ1) is 15.4. The van der Waals surface area contributed by atoms with Crippen LogP contribution >= 0.6 is 15.9 Å². The van der Waals surface area contributed by atoms with Crippen LogP contribution in [0.3, 0.4) is 0 Å². The predicted octanol–water partition coefficient (Wildman–Crippen LogP) is 2.81. The summed E-state index contributed by atoms with van der Waals surface area (Å²) in [4.78, 5) is 24.6. The number of nitrogens with zero attached hydrogens (tertiary/aromatic N) is 1. The third kappa shape index (κ3) is 5.70. The van der Waals surface area contributed by atoms with Gasteiger partial charge < -0.3 is 10.2 Å². The van der Waals surface area contributed by atoms with Gasteiger partial charge in [-0.1, -0.05) is 22.0 Å². The largest absolute Gasteiger partial charge is 0.339 e. The number of nitrogens with one attached hydrogen (secondary N) is 1. The summed E-state index contributed by atoms with van der Waals surface area (Å²) in [5.74, 6) is -0.172. The van der Waals surface area contributed by atoms with E-state index in [2.05, 4.69) is 27.8 Å². The van der Waals surface area contributed by atoms with Gasteiger partial charge in [0.15, 0.2) is 0 Å². The molecule has 0 aliphatic carbocycles. The Kier molecular flexibility index (Phi) is 6.29. The van der Waals surface area contributed by atoms with E-state index < -0.39 is 0 Å². The molecule has 1 N–H and O–H groups in total. The molecule has 2 amide bonds. The number of rotatable bonds is 6. The highest BCUT2D eigenvalue weighted by Gasteiger charge is 2.09. The maximum atomic E-state index is 11.7. The van der Waals surface area contributed by atoms with E-state index in [0.29, 0.717) is 13.1 Å². The molecule has 102 valence electrons. The van der Waals surface area contributed by atoms with Crippen molar-refractivity contribution in [2.24, 2.45) is 0 Å². The Morgan fingerprint density at radius 1 is 1.37 bits per heavy atom. The zero-order chi connectivity index (χ0) is 14.3. The first-order chi connectivity index (χ1) is 9.02. The van der Waals surface area contributed by atoms with Crippen molar-refractivity contribution in [1.29, 1.82) is 0 Å². The number of amides is 2. The molecule has 1 rings (SSSR count). The molecule has 0 radical (unpaired) electrons. The normalized spacial score (nSPS) is 9.79. The summed E-state index contributed by atoms with van der Waals surface area (Å²) in [5.41, 5.74) is 0.742. The molecule has 0 heterocycles. The highest BCUT2D eigenvalue weighted by molar-refractivity contribution is 9.10. The highest BCUT2D eigenvalue weighted by Crippen LogP contribution is 2.14. The summed E-state index contributed by atoms with van der Waals surface area (Å²) in [5, 5.41) is 2.78. The predicted molar refractivity (Wildman–Crippen MR) is 79.8 cm³/mol. The van der Waals surface area contributed by atoms with Crippen LogP contribution in [0.2, 0.25) is 0 Å². The summed E-state index contributed by atoms with van der Waals surface area (Å²) in [6, 6.07) is 7.34. The first-order valence-electron chi connectivity index (χ1n) is 5.94. The molecule has 5 heteroatoms. The van der Waals surface area contributed by atoms with Crippen LogP contribution in [0.25, 0.3) is 0 Å². The zero-order valence-corrected chi connectivity index (χ0v) is 12.4. The van der Waals surface area contributed by atoms with Crippen LogP contribution in [-0.4, -0.2) is 29.8 Å². The Labute approximate surface area is 121 Å². The lowest BCUT2D eigenvalue weighted by Crippen LogP contribution is -2.32. The van der Waals surface area contributed by atoms with Crippen LogP contribution in [0, 0.1) is 0 Å². The van der Waals surface area contributed by atoms with E-state index >= 15 is 0 Å². The Hall–Kier alpha value is -1.62. The van der Waals surface area contributed by atoms with Gasteiger partial charge in [0.05, 0.1) is 0 Å². The minimum atomic E-state index is -0.113. The van der Waals surface area contributed by atoms with E-state index in [1.807, 2.05) is 24.3 Å². The maximum Gasteiger partial charge on any atom is 0.226 e. The van der Waals surface area contributed by atoms with Crippen LogP contribution in [-0.2, 0) is 9.59 Å². The summed E-state index contributed by atoms with van der Waals surface area (Å²) in [6.07, 6.45) is 1.91. The van der Waals surface area contributed by atoms with Crippen molar-refractivity contribution in [3.63, 3.8) is 0 Å². The van der Waals surface area contributed by atoms with E-state index in [9.17, 15) is 9.59 Å². The number of benzene rings is 1. The average Bonchev–Trinajstić information content (AvgIpc) is 2.37. The zero-order valence-electron chi connectivity index (χ0n) is 10.9. The van der Waals surface area contributed by atoms with Crippen LogP contribution in [0.15, 0.2) is 41.4 Å². The molecule has 0 saturated heterocycles. The summed E-state index contributed by atoms with van der Waals surface area (Å²) in [7, 11) is 0. The highest BCUT2D eigenvalue weighted by atomic mass is 79.9. The quantitative estimate of drug-likeness (QED) is 0.818. The number of halogens is 1. The second-order valence-electron chi connectivity index (χ2n) is 4.06. The molecule has 0 unspecified atom stereocenters. The van der Waals surface area contributed by atoms with Gasteiger partial charge in [0.2, 0.25) is 11.8 Å². The maximum absolute atomic E-state index is 11.7. The monoisotopic (exact) mass is 324 g/mol. The van der Waals surface area contributed by atoms with Gasteiger partial charge in [0, 0.05) is 36.6 Å². The van der Waals surface area contributed by atoms with E-state index in [1.165, 1.54) is 6.92 Å². The van der Waals surface area contributed by atoms with Gasteiger partial charge in [-0.05, 0) is 24.3 Å². The lowest BCUT2D eigenvalue weighted by Gasteiger charge is -2.18. The minimum Gasteiger partial charge on any atom is -0.339 e. The fraction of sp³-hybridized carbons (Fsp3) is 0.286. The number of carbonyl (C=O) groups excluding carboxylic acids is 2. The first-order valence-corrected chi connectivity index (χ1v) is 6.74. The van der Waals surface area contributed by atoms with Crippen molar-refractivity contribution in [2.45, 2.75) is 13.3 Å². The number of anilines is 1. The molecular formula is C14H17BrN2O2. The molecule has 0 spiro atoms. The molecule has 0 atom stereocenters. The summed E-state index contributed by atoms with van der Waals surface area (Å²) < 4.78 is 0.958. The van der Waals surface area contributed by atoms with Crippen LogP contribution in [0.1, 0.15) is 13.3 Å². The SMILES string of the molecule is C=CCN(CCC(=O)Nc1ccc(Br)cc1)C(C)=O. The summed E-state index contributed by atoms with van der Waals surface area (Å²) >= 11 is 3.33. The average molecular weight is 325 g/mol. The lowest BCUT2D eigenvalue weighted by atomic mass is 10.3. The molecule has 0 aliphatic rings. The van der Waals surface area contributed by atoms with Crippen LogP contribution in [0.5, 0.6) is 0 Å². The molecular weight excluding hydrogens is 308 g/mol. The fourth-order valence-electron chi connectivity index (χ4n) is 1.53. The van der Waals surface area contributed by atoms with Gasteiger partial charge in [0.1, 0.15) is 0 Å². The lowest BCUT2D eigenvalue weighted by molar-refractivity contribution is -0.128. The van der Waals surface area contributed by atoms with Crippen molar-refractivity contribution >= 4 is 33.4 Å². The van der Waals surface area contributed by atoms with Gasteiger partial charge in [-0.15, -0.1) is 6.58 Å². The minimum absolute atomic E-state index is 0.0589. The molecule has 4 nitrogen and oxygen atoms in total. The van der Waals surface area contributed by atoms with Gasteiger partial charge >= 0.3 is 0 Å². The van der Waals surface area contributed by atoms with Crippen molar-refractivity contribution in [3.05, 3.63) is 41.4 Å². The molecule has 1 aromatic carbocycles. The molecule has 0 aliphatic heterocycles. The third-order valence-corrected chi connectivity index (χ3v) is 3.06. The van der Waals surface area contributed by atoms with E-state index in [4.69, 9.17) is 0 Å². The Morgan fingerprint density at radius 3 is 2.53 bits per heavy atom. The van der Waals surface area contributed by atoms with Crippen LogP contribution in [0.4, 0.5) is 5.69 Å².